The summed E-state index contributed by atoms with van der Waals surface area (Å²) in [6.07, 6.45) is 0. The molecule has 29 heavy (non-hydrogen) atoms. The van der Waals surface area contributed by atoms with Crippen molar-refractivity contribution in [2.45, 2.75) is 6.92 Å². The number of hydrogen-bond acceptors (Lipinski definition) is 4. The van der Waals surface area contributed by atoms with Gasteiger partial charge < -0.3 is 9.15 Å². The number of Topliss-reactive ketones (excluding diaryl/α,β-unsaturated/α-hetero) is 1. The predicted octanol–water partition coefficient (Wildman–Crippen LogP) is 6.20. The second-order valence-corrected chi connectivity index (χ2v) is 7.08. The number of carbonyl (C=O) groups is 2. The summed E-state index contributed by atoms with van der Waals surface area (Å²) in [7, 11) is 1.58. The van der Waals surface area contributed by atoms with Gasteiger partial charge in [0.15, 0.2) is 11.5 Å². The van der Waals surface area contributed by atoms with E-state index in [0.717, 1.165) is 10.9 Å². The van der Waals surface area contributed by atoms with Gasteiger partial charge in [0.2, 0.25) is 5.78 Å². The van der Waals surface area contributed by atoms with Crippen LogP contribution in [0.25, 0.3) is 22.1 Å². The highest BCUT2D eigenvalue weighted by atomic mass is 35.5. The number of rotatable bonds is 5. The van der Waals surface area contributed by atoms with E-state index in [2.05, 4.69) is 0 Å². The first-order chi connectivity index (χ1) is 14.0. The van der Waals surface area contributed by atoms with Crippen LogP contribution in [-0.2, 0) is 0 Å². The molecule has 5 heteroatoms. The highest BCUT2D eigenvalue weighted by Gasteiger charge is 2.24. The molecular formula is C24H17ClO4. The zero-order valence-electron chi connectivity index (χ0n) is 15.9. The molecule has 144 valence electrons. The molecule has 0 N–H and O–H groups in total. The monoisotopic (exact) mass is 404 g/mol. The molecule has 0 bridgehead atoms. The molecule has 3 aromatic carbocycles. The molecule has 0 aliphatic heterocycles. The van der Waals surface area contributed by atoms with E-state index in [-0.39, 0.29) is 17.3 Å². The van der Waals surface area contributed by atoms with Gasteiger partial charge in [-0.25, -0.2) is 0 Å². The Labute approximate surface area is 172 Å². The van der Waals surface area contributed by atoms with Crippen LogP contribution in [0, 0.1) is 0 Å². The minimum absolute atomic E-state index is 0.0530. The molecule has 0 fully saturated rings. The number of furan rings is 1. The first-order valence-electron chi connectivity index (χ1n) is 9.00. The highest BCUT2D eigenvalue weighted by molar-refractivity contribution is 6.30. The smallest absolute Gasteiger partial charge is 0.228 e. The summed E-state index contributed by atoms with van der Waals surface area (Å²) in [5.74, 6) is 0.534. The molecule has 4 nitrogen and oxygen atoms in total. The van der Waals surface area contributed by atoms with Gasteiger partial charge in [0.1, 0.15) is 11.3 Å². The Morgan fingerprint density at radius 3 is 2.38 bits per heavy atom. The van der Waals surface area contributed by atoms with Crippen molar-refractivity contribution >= 4 is 34.1 Å². The number of halogens is 1. The Morgan fingerprint density at radius 1 is 0.931 bits per heavy atom. The van der Waals surface area contributed by atoms with Crippen LogP contribution in [0.15, 0.2) is 71.1 Å². The maximum atomic E-state index is 13.3. The van der Waals surface area contributed by atoms with E-state index in [1.807, 2.05) is 12.1 Å². The summed E-state index contributed by atoms with van der Waals surface area (Å²) in [5, 5.41) is 1.28. The molecule has 0 saturated carbocycles. The third kappa shape index (κ3) is 3.55. The molecule has 4 aromatic rings. The maximum Gasteiger partial charge on any atom is 0.228 e. The highest BCUT2D eigenvalue weighted by Crippen LogP contribution is 2.38. The van der Waals surface area contributed by atoms with Crippen molar-refractivity contribution in [3.63, 3.8) is 0 Å². The molecule has 0 amide bonds. The van der Waals surface area contributed by atoms with E-state index in [1.165, 1.54) is 6.92 Å². The molecule has 0 radical (unpaired) electrons. The molecule has 1 aromatic heterocycles. The Kier molecular flexibility index (Phi) is 4.95. The van der Waals surface area contributed by atoms with Gasteiger partial charge in [-0.15, -0.1) is 0 Å². The summed E-state index contributed by atoms with van der Waals surface area (Å²) in [6, 6.07) is 19.2. The van der Waals surface area contributed by atoms with Gasteiger partial charge in [-0.1, -0.05) is 29.8 Å². The third-order valence-electron chi connectivity index (χ3n) is 4.77. The van der Waals surface area contributed by atoms with Crippen LogP contribution in [0.2, 0.25) is 5.02 Å². The van der Waals surface area contributed by atoms with Crippen molar-refractivity contribution in [1.29, 1.82) is 0 Å². The fourth-order valence-corrected chi connectivity index (χ4v) is 3.40. The molecule has 0 saturated heterocycles. The van der Waals surface area contributed by atoms with Crippen LogP contribution in [0.1, 0.15) is 33.4 Å². The number of carbonyl (C=O) groups excluding carboxylic acids is 2. The summed E-state index contributed by atoms with van der Waals surface area (Å²) in [4.78, 5) is 25.1. The average molecular weight is 405 g/mol. The van der Waals surface area contributed by atoms with Crippen LogP contribution in [0.3, 0.4) is 0 Å². The third-order valence-corrected chi connectivity index (χ3v) is 5.02. The van der Waals surface area contributed by atoms with E-state index in [4.69, 9.17) is 20.8 Å². The lowest BCUT2D eigenvalue weighted by Gasteiger charge is -2.06. The summed E-state index contributed by atoms with van der Waals surface area (Å²) in [5.41, 5.74) is 2.93. The van der Waals surface area contributed by atoms with Crippen molar-refractivity contribution in [3.8, 4) is 16.9 Å². The van der Waals surface area contributed by atoms with Crippen molar-refractivity contribution < 1.29 is 18.7 Å². The SMILES string of the molecule is COc1ccc2oc(C(=O)c3ccc(Cl)cc3)c(-c3cccc(C(C)=O)c3)c2c1. The number of ether oxygens (including phenoxy) is 1. The molecule has 4 rings (SSSR count). The van der Waals surface area contributed by atoms with Crippen LogP contribution >= 0.6 is 11.6 Å². The standard InChI is InChI=1S/C24H17ClO4/c1-14(26)16-4-3-5-17(12-16)22-20-13-19(28-2)10-11-21(20)29-24(22)23(27)15-6-8-18(25)9-7-15/h3-13H,1-2H3. The van der Waals surface area contributed by atoms with Gasteiger partial charge >= 0.3 is 0 Å². The molecular weight excluding hydrogens is 388 g/mol. The van der Waals surface area contributed by atoms with E-state index in [0.29, 0.717) is 33.0 Å². The number of hydrogen-bond donors (Lipinski definition) is 0. The van der Waals surface area contributed by atoms with Crippen LogP contribution < -0.4 is 4.74 Å². The minimum atomic E-state index is -0.264. The number of benzene rings is 3. The van der Waals surface area contributed by atoms with E-state index in [1.54, 1.807) is 61.7 Å². The van der Waals surface area contributed by atoms with Crippen molar-refractivity contribution in [3.05, 3.63) is 88.6 Å². The fraction of sp³-hybridized carbons (Fsp3) is 0.0833. The van der Waals surface area contributed by atoms with Crippen LogP contribution in [-0.4, -0.2) is 18.7 Å². The Balaban J connectivity index is 1.98. The fourth-order valence-electron chi connectivity index (χ4n) is 3.28. The topological polar surface area (TPSA) is 56.5 Å². The van der Waals surface area contributed by atoms with Crippen LogP contribution in [0.5, 0.6) is 5.75 Å². The second-order valence-electron chi connectivity index (χ2n) is 6.64. The number of ketones is 2. The quantitative estimate of drug-likeness (QED) is 0.372. The summed E-state index contributed by atoms with van der Waals surface area (Å²) >= 11 is 5.95. The second kappa shape index (κ2) is 7.57. The Morgan fingerprint density at radius 2 is 1.69 bits per heavy atom. The lowest BCUT2D eigenvalue weighted by Crippen LogP contribution is -2.02. The normalized spacial score (nSPS) is 10.9. The summed E-state index contributed by atoms with van der Waals surface area (Å²) in [6.45, 7) is 1.51. The van der Waals surface area contributed by atoms with Gasteiger partial charge in [-0.05, 0) is 61.0 Å². The van der Waals surface area contributed by atoms with E-state index in [9.17, 15) is 9.59 Å². The van der Waals surface area contributed by atoms with Gasteiger partial charge in [-0.3, -0.25) is 9.59 Å². The predicted molar refractivity (Wildman–Crippen MR) is 113 cm³/mol. The first-order valence-corrected chi connectivity index (χ1v) is 9.38. The number of fused-ring (bicyclic) bond motifs is 1. The average Bonchev–Trinajstić information content (AvgIpc) is 3.12. The largest absolute Gasteiger partial charge is 0.497 e. The van der Waals surface area contributed by atoms with Crippen molar-refractivity contribution in [2.24, 2.45) is 0 Å². The summed E-state index contributed by atoms with van der Waals surface area (Å²) < 4.78 is 11.3. The Hall–Kier alpha value is -3.37. The lowest BCUT2D eigenvalue weighted by atomic mass is 9.96. The van der Waals surface area contributed by atoms with E-state index >= 15 is 0 Å². The van der Waals surface area contributed by atoms with Gasteiger partial charge in [0, 0.05) is 27.1 Å². The molecule has 0 unspecified atom stereocenters. The minimum Gasteiger partial charge on any atom is -0.497 e. The lowest BCUT2D eigenvalue weighted by molar-refractivity contribution is 0.101. The van der Waals surface area contributed by atoms with Crippen molar-refractivity contribution in [2.75, 3.05) is 7.11 Å². The zero-order chi connectivity index (χ0) is 20.5. The maximum absolute atomic E-state index is 13.3. The van der Waals surface area contributed by atoms with Crippen molar-refractivity contribution in [1.82, 2.24) is 0 Å². The first kappa shape index (κ1) is 19.0. The van der Waals surface area contributed by atoms with E-state index < -0.39 is 0 Å². The Bertz CT molecular complexity index is 1240. The molecule has 1 heterocycles. The van der Waals surface area contributed by atoms with Gasteiger partial charge in [-0.2, -0.15) is 0 Å². The number of methoxy groups -OCH3 is 1. The molecule has 0 aliphatic carbocycles. The van der Waals surface area contributed by atoms with Crippen LogP contribution in [0.4, 0.5) is 0 Å². The zero-order valence-corrected chi connectivity index (χ0v) is 16.6. The van der Waals surface area contributed by atoms with Gasteiger partial charge in [0.25, 0.3) is 0 Å². The molecule has 0 aliphatic rings. The molecule has 0 atom stereocenters. The van der Waals surface area contributed by atoms with Gasteiger partial charge in [0.05, 0.1) is 7.11 Å². The molecule has 0 spiro atoms.